The fourth-order valence-electron chi connectivity index (χ4n) is 2.53. The van der Waals surface area contributed by atoms with Gasteiger partial charge in [0.2, 0.25) is 0 Å². The SMILES string of the molecule is CC(=O)O.COc1ccc2[nH]c(C)c(C(=O)c3ccccc3)c2c1Cl. The Balaban J connectivity index is 0.000000511. The maximum Gasteiger partial charge on any atom is 0.300 e. The lowest BCUT2D eigenvalue weighted by molar-refractivity contribution is -0.134. The fourth-order valence-corrected chi connectivity index (χ4v) is 2.87. The van der Waals surface area contributed by atoms with Gasteiger partial charge in [-0.3, -0.25) is 9.59 Å². The molecule has 3 aromatic rings. The number of carboxylic acid groups (broad SMARTS) is 1. The van der Waals surface area contributed by atoms with Crippen LogP contribution in [0, 0.1) is 6.92 Å². The van der Waals surface area contributed by atoms with E-state index in [-0.39, 0.29) is 5.78 Å². The molecular weight excluding hydrogens is 342 g/mol. The van der Waals surface area contributed by atoms with Crippen molar-refractivity contribution in [2.45, 2.75) is 13.8 Å². The Morgan fingerprint density at radius 3 is 2.28 bits per heavy atom. The molecule has 5 nitrogen and oxygen atoms in total. The monoisotopic (exact) mass is 359 g/mol. The van der Waals surface area contributed by atoms with Crippen molar-refractivity contribution in [2.24, 2.45) is 0 Å². The van der Waals surface area contributed by atoms with Crippen molar-refractivity contribution in [1.82, 2.24) is 4.98 Å². The summed E-state index contributed by atoms with van der Waals surface area (Å²) in [6.45, 7) is 2.96. The largest absolute Gasteiger partial charge is 0.495 e. The number of ether oxygens (including phenoxy) is 1. The highest BCUT2D eigenvalue weighted by Gasteiger charge is 2.21. The molecule has 0 aliphatic heterocycles. The molecule has 0 unspecified atom stereocenters. The molecule has 0 saturated heterocycles. The Morgan fingerprint density at radius 1 is 1.12 bits per heavy atom. The van der Waals surface area contributed by atoms with Gasteiger partial charge in [0.15, 0.2) is 5.78 Å². The van der Waals surface area contributed by atoms with E-state index in [0.29, 0.717) is 27.3 Å². The average molecular weight is 360 g/mol. The van der Waals surface area contributed by atoms with Crippen LogP contribution < -0.4 is 4.74 Å². The van der Waals surface area contributed by atoms with Crippen molar-refractivity contribution in [3.05, 3.63) is 64.3 Å². The van der Waals surface area contributed by atoms with E-state index in [1.165, 1.54) is 0 Å². The molecule has 1 aromatic heterocycles. The zero-order valence-corrected chi connectivity index (χ0v) is 14.8. The van der Waals surface area contributed by atoms with Crippen molar-refractivity contribution in [2.75, 3.05) is 7.11 Å². The molecule has 0 amide bonds. The van der Waals surface area contributed by atoms with Gasteiger partial charge in [0, 0.05) is 29.1 Å². The number of benzene rings is 2. The van der Waals surface area contributed by atoms with Gasteiger partial charge in [0.1, 0.15) is 5.75 Å². The summed E-state index contributed by atoms with van der Waals surface area (Å²) in [4.78, 5) is 25.0. The van der Waals surface area contributed by atoms with E-state index in [4.69, 9.17) is 26.2 Å². The van der Waals surface area contributed by atoms with Gasteiger partial charge in [-0.1, -0.05) is 41.9 Å². The Labute approximate surface area is 150 Å². The van der Waals surface area contributed by atoms with E-state index in [1.54, 1.807) is 25.3 Å². The van der Waals surface area contributed by atoms with Crippen molar-refractivity contribution in [1.29, 1.82) is 0 Å². The second-order valence-corrected chi connectivity index (χ2v) is 5.72. The number of nitrogens with one attached hydrogen (secondary N) is 1. The van der Waals surface area contributed by atoms with Gasteiger partial charge in [-0.05, 0) is 19.1 Å². The molecule has 0 atom stereocenters. The number of hydrogen-bond donors (Lipinski definition) is 2. The third-order valence-electron chi connectivity index (χ3n) is 3.54. The lowest BCUT2D eigenvalue weighted by Gasteiger charge is -2.06. The van der Waals surface area contributed by atoms with Gasteiger partial charge in [-0.15, -0.1) is 0 Å². The second-order valence-electron chi connectivity index (χ2n) is 5.34. The van der Waals surface area contributed by atoms with Crippen LogP contribution in [0.25, 0.3) is 10.9 Å². The lowest BCUT2D eigenvalue weighted by Crippen LogP contribution is -2.02. The smallest absolute Gasteiger partial charge is 0.300 e. The molecule has 0 aliphatic rings. The molecule has 0 bridgehead atoms. The number of halogens is 1. The Hall–Kier alpha value is -2.79. The summed E-state index contributed by atoms with van der Waals surface area (Å²) in [5.41, 5.74) is 2.87. The molecule has 0 spiro atoms. The second kappa shape index (κ2) is 7.85. The molecule has 3 rings (SSSR count). The van der Waals surface area contributed by atoms with Crippen LogP contribution in [0.3, 0.4) is 0 Å². The summed E-state index contributed by atoms with van der Waals surface area (Å²) < 4.78 is 5.25. The number of carbonyl (C=O) groups is 2. The molecule has 130 valence electrons. The normalized spacial score (nSPS) is 10.1. The van der Waals surface area contributed by atoms with Crippen molar-refractivity contribution in [3.63, 3.8) is 0 Å². The van der Waals surface area contributed by atoms with Gasteiger partial charge in [-0.25, -0.2) is 0 Å². The zero-order valence-electron chi connectivity index (χ0n) is 14.1. The number of aliphatic carboxylic acids is 1. The van der Waals surface area contributed by atoms with Gasteiger partial charge in [0.25, 0.3) is 5.97 Å². The number of methoxy groups -OCH3 is 1. The third kappa shape index (κ3) is 4.00. The molecule has 2 aromatic carbocycles. The molecule has 25 heavy (non-hydrogen) atoms. The molecule has 0 fully saturated rings. The summed E-state index contributed by atoms with van der Waals surface area (Å²) in [5, 5.41) is 8.58. The van der Waals surface area contributed by atoms with Crippen LogP contribution in [0.4, 0.5) is 0 Å². The maximum atomic E-state index is 12.8. The van der Waals surface area contributed by atoms with Crippen LogP contribution in [0.5, 0.6) is 5.75 Å². The molecule has 1 heterocycles. The summed E-state index contributed by atoms with van der Waals surface area (Å²) in [6.07, 6.45) is 0. The minimum atomic E-state index is -0.833. The summed E-state index contributed by atoms with van der Waals surface area (Å²) in [6, 6.07) is 12.8. The Bertz CT molecular complexity index is 912. The number of rotatable bonds is 3. The van der Waals surface area contributed by atoms with E-state index in [1.807, 2.05) is 31.2 Å². The van der Waals surface area contributed by atoms with Crippen LogP contribution >= 0.6 is 11.6 Å². The first kappa shape index (κ1) is 18.5. The number of H-pyrrole nitrogens is 1. The van der Waals surface area contributed by atoms with Gasteiger partial charge in [-0.2, -0.15) is 0 Å². The minimum Gasteiger partial charge on any atom is -0.495 e. The maximum absolute atomic E-state index is 12.8. The highest BCUT2D eigenvalue weighted by Crippen LogP contribution is 2.36. The van der Waals surface area contributed by atoms with E-state index in [2.05, 4.69) is 4.98 Å². The number of carbonyl (C=O) groups excluding carboxylic acids is 1. The first-order valence-corrected chi connectivity index (χ1v) is 7.88. The molecule has 2 N–H and O–H groups in total. The van der Waals surface area contributed by atoms with Crippen LogP contribution in [0.2, 0.25) is 5.02 Å². The zero-order chi connectivity index (χ0) is 18.6. The van der Waals surface area contributed by atoms with E-state index < -0.39 is 5.97 Å². The molecule has 6 heteroatoms. The Morgan fingerprint density at radius 2 is 1.72 bits per heavy atom. The molecule has 0 aliphatic carbocycles. The van der Waals surface area contributed by atoms with E-state index in [0.717, 1.165) is 18.1 Å². The molecule has 0 radical (unpaired) electrons. The lowest BCUT2D eigenvalue weighted by atomic mass is 10.0. The third-order valence-corrected chi connectivity index (χ3v) is 3.91. The van der Waals surface area contributed by atoms with Gasteiger partial charge in [0.05, 0.1) is 17.7 Å². The van der Waals surface area contributed by atoms with Crippen molar-refractivity contribution in [3.8, 4) is 5.75 Å². The number of ketones is 1. The first-order valence-electron chi connectivity index (χ1n) is 7.50. The predicted octanol–water partition coefficient (Wildman–Crippen LogP) is 4.46. The van der Waals surface area contributed by atoms with Crippen LogP contribution in [0.15, 0.2) is 42.5 Å². The standard InChI is InChI=1S/C17H14ClNO2.C2H4O2/c1-10-14(17(20)11-6-4-3-5-7-11)15-12(19-10)8-9-13(21-2)16(15)18;1-2(3)4/h3-9,19H,1-2H3;1H3,(H,3,4). The number of fused-ring (bicyclic) bond motifs is 1. The molecular formula is C19H18ClNO4. The summed E-state index contributed by atoms with van der Waals surface area (Å²) >= 11 is 6.39. The summed E-state index contributed by atoms with van der Waals surface area (Å²) in [7, 11) is 1.56. The average Bonchev–Trinajstić information content (AvgIpc) is 2.92. The first-order chi connectivity index (χ1) is 11.9. The predicted molar refractivity (Wildman–Crippen MR) is 97.8 cm³/mol. The van der Waals surface area contributed by atoms with Gasteiger partial charge >= 0.3 is 0 Å². The fraction of sp³-hybridized carbons (Fsp3) is 0.158. The van der Waals surface area contributed by atoms with Gasteiger partial charge < -0.3 is 14.8 Å². The number of carboxylic acids is 1. The van der Waals surface area contributed by atoms with Crippen LogP contribution in [-0.2, 0) is 4.79 Å². The van der Waals surface area contributed by atoms with Crippen LogP contribution in [0.1, 0.15) is 28.5 Å². The van der Waals surface area contributed by atoms with E-state index in [9.17, 15) is 4.79 Å². The highest BCUT2D eigenvalue weighted by molar-refractivity contribution is 6.39. The minimum absolute atomic E-state index is 0.0468. The number of aromatic nitrogens is 1. The van der Waals surface area contributed by atoms with Crippen molar-refractivity contribution < 1.29 is 19.4 Å². The quantitative estimate of drug-likeness (QED) is 0.676. The number of hydrogen-bond acceptors (Lipinski definition) is 3. The number of aromatic amines is 1. The summed E-state index contributed by atoms with van der Waals surface area (Å²) in [5.74, 6) is -0.320. The van der Waals surface area contributed by atoms with E-state index >= 15 is 0 Å². The topological polar surface area (TPSA) is 79.4 Å². The highest BCUT2D eigenvalue weighted by atomic mass is 35.5. The van der Waals surface area contributed by atoms with Crippen molar-refractivity contribution >= 4 is 34.3 Å². The molecule has 0 saturated carbocycles. The Kier molecular flexibility index (Phi) is 5.83. The van der Waals surface area contributed by atoms with Crippen LogP contribution in [-0.4, -0.2) is 29.0 Å². The number of aryl methyl sites for hydroxylation is 1.